The third-order valence-electron chi connectivity index (χ3n) is 3.21. The molecule has 0 aromatic heterocycles. The molecule has 0 amide bonds. The van der Waals surface area contributed by atoms with Crippen molar-refractivity contribution in [1.29, 1.82) is 0 Å². The SMILES string of the molecule is C1=CC(c2ccccc2)=CCC1=CC1CC1. The summed E-state index contributed by atoms with van der Waals surface area (Å²) in [6.45, 7) is 0. The van der Waals surface area contributed by atoms with Crippen molar-refractivity contribution in [2.45, 2.75) is 19.3 Å². The fourth-order valence-electron chi connectivity index (χ4n) is 2.09. The summed E-state index contributed by atoms with van der Waals surface area (Å²) in [5.41, 5.74) is 4.17. The summed E-state index contributed by atoms with van der Waals surface area (Å²) in [4.78, 5) is 0. The van der Waals surface area contributed by atoms with E-state index in [0.29, 0.717) is 0 Å². The Hall–Kier alpha value is -1.56. The Morgan fingerprint density at radius 2 is 1.81 bits per heavy atom. The van der Waals surface area contributed by atoms with Crippen LogP contribution in [0.1, 0.15) is 24.8 Å². The van der Waals surface area contributed by atoms with Crippen molar-refractivity contribution in [3.63, 3.8) is 0 Å². The first-order valence-electron chi connectivity index (χ1n) is 6.06. The van der Waals surface area contributed by atoms with Crippen LogP contribution in [0.25, 0.3) is 5.57 Å². The molecule has 0 unspecified atom stereocenters. The number of rotatable bonds is 2. The van der Waals surface area contributed by atoms with Gasteiger partial charge in [-0.15, -0.1) is 0 Å². The van der Waals surface area contributed by atoms with Gasteiger partial charge < -0.3 is 0 Å². The Morgan fingerprint density at radius 1 is 1.00 bits per heavy atom. The molecular formula is C16H16. The summed E-state index contributed by atoms with van der Waals surface area (Å²) in [5.74, 6) is 0.881. The third-order valence-corrected chi connectivity index (χ3v) is 3.21. The second kappa shape index (κ2) is 4.13. The zero-order chi connectivity index (χ0) is 10.8. The van der Waals surface area contributed by atoms with Gasteiger partial charge in [0.15, 0.2) is 0 Å². The lowest BCUT2D eigenvalue weighted by molar-refractivity contribution is 1.08. The lowest BCUT2D eigenvalue weighted by atomic mass is 9.96. The Labute approximate surface area is 97.0 Å². The van der Waals surface area contributed by atoms with Crippen LogP contribution in [0.5, 0.6) is 0 Å². The summed E-state index contributed by atoms with van der Waals surface area (Å²) in [6, 6.07) is 10.6. The molecule has 0 heteroatoms. The molecule has 0 N–H and O–H groups in total. The first-order chi connectivity index (χ1) is 7.92. The van der Waals surface area contributed by atoms with Crippen molar-refractivity contribution in [3.05, 3.63) is 65.8 Å². The minimum absolute atomic E-state index is 0.881. The van der Waals surface area contributed by atoms with Crippen LogP contribution in [-0.2, 0) is 0 Å². The second-order valence-corrected chi connectivity index (χ2v) is 4.64. The maximum Gasteiger partial charge on any atom is -0.00913 e. The van der Waals surface area contributed by atoms with Gasteiger partial charge in [0.05, 0.1) is 0 Å². The summed E-state index contributed by atoms with van der Waals surface area (Å²) < 4.78 is 0. The highest BCUT2D eigenvalue weighted by Gasteiger charge is 2.18. The molecule has 1 saturated carbocycles. The van der Waals surface area contributed by atoms with E-state index in [1.807, 2.05) is 0 Å². The topological polar surface area (TPSA) is 0 Å². The number of allylic oxidation sites excluding steroid dienone is 6. The number of hydrogen-bond donors (Lipinski definition) is 0. The molecule has 16 heavy (non-hydrogen) atoms. The van der Waals surface area contributed by atoms with E-state index in [9.17, 15) is 0 Å². The zero-order valence-corrected chi connectivity index (χ0v) is 9.39. The van der Waals surface area contributed by atoms with E-state index in [2.05, 4.69) is 54.6 Å². The van der Waals surface area contributed by atoms with Crippen LogP contribution in [0.4, 0.5) is 0 Å². The minimum Gasteiger partial charge on any atom is -0.0779 e. The largest absolute Gasteiger partial charge is 0.0779 e. The molecule has 0 radical (unpaired) electrons. The van der Waals surface area contributed by atoms with Crippen LogP contribution in [0.15, 0.2) is 60.2 Å². The molecule has 0 saturated heterocycles. The highest BCUT2D eigenvalue weighted by molar-refractivity contribution is 5.76. The molecule has 80 valence electrons. The maximum absolute atomic E-state index is 2.44. The summed E-state index contributed by atoms with van der Waals surface area (Å²) in [6.07, 6.45) is 13.2. The molecule has 3 rings (SSSR count). The van der Waals surface area contributed by atoms with Gasteiger partial charge in [-0.3, -0.25) is 0 Å². The molecule has 2 aliphatic carbocycles. The third kappa shape index (κ3) is 2.16. The van der Waals surface area contributed by atoms with Crippen LogP contribution < -0.4 is 0 Å². The molecular weight excluding hydrogens is 192 g/mol. The van der Waals surface area contributed by atoms with E-state index in [1.54, 1.807) is 0 Å². The van der Waals surface area contributed by atoms with Gasteiger partial charge in [0.2, 0.25) is 0 Å². The molecule has 1 fully saturated rings. The molecule has 0 spiro atoms. The van der Waals surface area contributed by atoms with Crippen molar-refractivity contribution in [3.8, 4) is 0 Å². The minimum atomic E-state index is 0.881. The van der Waals surface area contributed by atoms with E-state index < -0.39 is 0 Å². The first-order valence-corrected chi connectivity index (χ1v) is 6.06. The van der Waals surface area contributed by atoms with Crippen LogP contribution >= 0.6 is 0 Å². The monoisotopic (exact) mass is 208 g/mol. The van der Waals surface area contributed by atoms with Gasteiger partial charge in [-0.2, -0.15) is 0 Å². The zero-order valence-electron chi connectivity index (χ0n) is 9.39. The average molecular weight is 208 g/mol. The van der Waals surface area contributed by atoms with Gasteiger partial charge in [0, 0.05) is 0 Å². The molecule has 0 bridgehead atoms. The van der Waals surface area contributed by atoms with Crippen LogP contribution in [0, 0.1) is 5.92 Å². The molecule has 1 aromatic rings. The fourth-order valence-corrected chi connectivity index (χ4v) is 2.09. The van der Waals surface area contributed by atoms with Crippen molar-refractivity contribution in [1.82, 2.24) is 0 Å². The van der Waals surface area contributed by atoms with E-state index in [-0.39, 0.29) is 0 Å². The lowest BCUT2D eigenvalue weighted by Crippen LogP contribution is -1.88. The Bertz CT molecular complexity index is 456. The van der Waals surface area contributed by atoms with Crippen molar-refractivity contribution in [2.24, 2.45) is 5.92 Å². The van der Waals surface area contributed by atoms with Crippen molar-refractivity contribution >= 4 is 5.57 Å². The molecule has 0 aliphatic heterocycles. The van der Waals surface area contributed by atoms with Crippen molar-refractivity contribution < 1.29 is 0 Å². The average Bonchev–Trinajstić information content (AvgIpc) is 3.15. The van der Waals surface area contributed by atoms with Crippen LogP contribution in [-0.4, -0.2) is 0 Å². The number of benzene rings is 1. The van der Waals surface area contributed by atoms with Gasteiger partial charge in [-0.25, -0.2) is 0 Å². The number of hydrogen-bond acceptors (Lipinski definition) is 0. The Morgan fingerprint density at radius 3 is 2.44 bits per heavy atom. The van der Waals surface area contributed by atoms with Gasteiger partial charge in [-0.05, 0) is 41.9 Å². The van der Waals surface area contributed by atoms with Crippen LogP contribution in [0.2, 0.25) is 0 Å². The second-order valence-electron chi connectivity index (χ2n) is 4.64. The molecule has 0 nitrogen and oxygen atoms in total. The van der Waals surface area contributed by atoms with Crippen molar-refractivity contribution in [2.75, 3.05) is 0 Å². The van der Waals surface area contributed by atoms with E-state index >= 15 is 0 Å². The predicted octanol–water partition coefficient (Wildman–Crippen LogP) is 4.37. The quantitative estimate of drug-likeness (QED) is 0.677. The molecule has 2 aliphatic rings. The fraction of sp³-hybridized carbons (Fsp3) is 0.250. The predicted molar refractivity (Wildman–Crippen MR) is 69.0 cm³/mol. The molecule has 0 atom stereocenters. The summed E-state index contributed by atoms with van der Waals surface area (Å²) in [5, 5.41) is 0. The van der Waals surface area contributed by atoms with Gasteiger partial charge >= 0.3 is 0 Å². The highest BCUT2D eigenvalue weighted by atomic mass is 14.2. The maximum atomic E-state index is 2.44. The smallest absolute Gasteiger partial charge is 0.00913 e. The van der Waals surface area contributed by atoms with Crippen LogP contribution in [0.3, 0.4) is 0 Å². The standard InChI is InChI=1S/C16H16/c1-2-4-15(5-3-1)16-10-8-14(9-11-16)12-13-6-7-13/h1-5,8,10-13H,6-7,9H2. The normalized spacial score (nSPS) is 22.2. The first kappa shape index (κ1) is 9.65. The molecule has 0 heterocycles. The van der Waals surface area contributed by atoms with Gasteiger partial charge in [0.1, 0.15) is 0 Å². The van der Waals surface area contributed by atoms with Gasteiger partial charge in [0.25, 0.3) is 0 Å². The van der Waals surface area contributed by atoms with E-state index in [4.69, 9.17) is 0 Å². The Balaban J connectivity index is 1.77. The highest BCUT2D eigenvalue weighted by Crippen LogP contribution is 2.33. The summed E-state index contributed by atoms with van der Waals surface area (Å²) in [7, 11) is 0. The lowest BCUT2D eigenvalue weighted by Gasteiger charge is -2.09. The van der Waals surface area contributed by atoms with Gasteiger partial charge in [-0.1, -0.05) is 54.6 Å². The van der Waals surface area contributed by atoms with E-state index in [0.717, 1.165) is 12.3 Å². The molecule has 1 aromatic carbocycles. The summed E-state index contributed by atoms with van der Waals surface area (Å²) >= 11 is 0. The Kier molecular flexibility index (Phi) is 2.49. The van der Waals surface area contributed by atoms with E-state index in [1.165, 1.54) is 29.6 Å².